The molecule has 1 atom stereocenters. The van der Waals surface area contributed by atoms with Gasteiger partial charge in [-0.2, -0.15) is 0 Å². The zero-order chi connectivity index (χ0) is 26.7. The number of carbonyl (C=O) groups is 2. The van der Waals surface area contributed by atoms with Crippen LogP contribution in [0.3, 0.4) is 0 Å². The number of rotatable bonds is 8. The molecule has 3 aromatic rings. The van der Waals surface area contributed by atoms with Gasteiger partial charge in [-0.1, -0.05) is 37.6 Å². The standard InChI is InChI=1S/C29H28ClNO6/c1-4-36-22-12-13-24(30)23(15-22)27(33)25-26(18-6-5-7-20(32)14-18)31(29(35)28(25)34)19-8-10-21(11-9-19)37-16-17(2)3/h5-15,17,26,32-33H,4,16H2,1-3H3/b27-25+. The number of carbonyl (C=O) groups excluding carboxylic acids is 2. The number of nitrogens with zero attached hydrogens (tertiary/aromatic N) is 1. The lowest BCUT2D eigenvalue weighted by Crippen LogP contribution is -2.29. The molecule has 8 heteroatoms. The Bertz CT molecular complexity index is 1350. The van der Waals surface area contributed by atoms with Crippen LogP contribution in [-0.2, 0) is 9.59 Å². The second-order valence-corrected chi connectivity index (χ2v) is 9.44. The van der Waals surface area contributed by atoms with E-state index in [4.69, 9.17) is 21.1 Å². The maximum atomic E-state index is 13.4. The summed E-state index contributed by atoms with van der Waals surface area (Å²) in [6, 6.07) is 16.7. The van der Waals surface area contributed by atoms with Crippen LogP contribution in [0.2, 0.25) is 5.02 Å². The quantitative estimate of drug-likeness (QED) is 0.211. The van der Waals surface area contributed by atoms with Gasteiger partial charge in [-0.05, 0) is 73.0 Å². The number of Topliss-reactive ketones (excluding diaryl/α,β-unsaturated/α-hetero) is 1. The predicted octanol–water partition coefficient (Wildman–Crippen LogP) is 6.11. The molecule has 192 valence electrons. The second kappa shape index (κ2) is 11.0. The van der Waals surface area contributed by atoms with Gasteiger partial charge < -0.3 is 19.7 Å². The number of anilines is 1. The van der Waals surface area contributed by atoms with Gasteiger partial charge in [-0.15, -0.1) is 0 Å². The van der Waals surface area contributed by atoms with Gasteiger partial charge in [0.2, 0.25) is 0 Å². The van der Waals surface area contributed by atoms with Gasteiger partial charge in [0.05, 0.1) is 29.9 Å². The Morgan fingerprint density at radius 2 is 1.70 bits per heavy atom. The molecule has 2 N–H and O–H groups in total. The van der Waals surface area contributed by atoms with Crippen LogP contribution in [0.5, 0.6) is 17.2 Å². The molecule has 0 aliphatic carbocycles. The zero-order valence-electron chi connectivity index (χ0n) is 20.8. The minimum Gasteiger partial charge on any atom is -0.508 e. The summed E-state index contributed by atoms with van der Waals surface area (Å²) in [7, 11) is 0. The number of aliphatic hydroxyl groups excluding tert-OH is 1. The number of ketones is 1. The summed E-state index contributed by atoms with van der Waals surface area (Å²) in [5.41, 5.74) is 0.887. The van der Waals surface area contributed by atoms with E-state index in [9.17, 15) is 19.8 Å². The predicted molar refractivity (Wildman–Crippen MR) is 142 cm³/mol. The molecular formula is C29H28ClNO6. The van der Waals surface area contributed by atoms with Crippen molar-refractivity contribution in [2.45, 2.75) is 26.8 Å². The molecule has 3 aromatic carbocycles. The van der Waals surface area contributed by atoms with Gasteiger partial charge in [-0.3, -0.25) is 14.5 Å². The fourth-order valence-corrected chi connectivity index (χ4v) is 4.37. The first-order valence-electron chi connectivity index (χ1n) is 12.0. The molecule has 1 unspecified atom stereocenters. The van der Waals surface area contributed by atoms with Gasteiger partial charge in [0, 0.05) is 11.3 Å². The fraction of sp³-hybridized carbons (Fsp3) is 0.241. The van der Waals surface area contributed by atoms with E-state index in [2.05, 4.69) is 0 Å². The molecule has 1 aliphatic heterocycles. The largest absolute Gasteiger partial charge is 0.508 e. The summed E-state index contributed by atoms with van der Waals surface area (Å²) < 4.78 is 11.3. The molecule has 0 bridgehead atoms. The fourth-order valence-electron chi connectivity index (χ4n) is 4.16. The van der Waals surface area contributed by atoms with Crippen molar-refractivity contribution in [2.75, 3.05) is 18.1 Å². The average Bonchev–Trinajstić information content (AvgIpc) is 3.14. The number of aliphatic hydroxyl groups is 1. The SMILES string of the molecule is CCOc1ccc(Cl)c(/C(O)=C2\C(=O)C(=O)N(c3ccc(OCC(C)C)cc3)C2c2cccc(O)c2)c1. The number of benzene rings is 3. The van der Waals surface area contributed by atoms with E-state index < -0.39 is 23.5 Å². The Morgan fingerprint density at radius 3 is 2.35 bits per heavy atom. The highest BCUT2D eigenvalue weighted by atomic mass is 35.5. The van der Waals surface area contributed by atoms with Crippen molar-refractivity contribution in [3.63, 3.8) is 0 Å². The van der Waals surface area contributed by atoms with Gasteiger partial charge >= 0.3 is 0 Å². The summed E-state index contributed by atoms with van der Waals surface area (Å²) >= 11 is 6.38. The van der Waals surface area contributed by atoms with Crippen LogP contribution >= 0.6 is 11.6 Å². The van der Waals surface area contributed by atoms with Crippen molar-refractivity contribution in [3.8, 4) is 17.2 Å². The summed E-state index contributed by atoms with van der Waals surface area (Å²) in [4.78, 5) is 28.0. The van der Waals surface area contributed by atoms with Crippen molar-refractivity contribution in [3.05, 3.63) is 88.5 Å². The van der Waals surface area contributed by atoms with Crippen molar-refractivity contribution in [2.24, 2.45) is 5.92 Å². The zero-order valence-corrected chi connectivity index (χ0v) is 21.5. The molecule has 1 aliphatic rings. The molecule has 0 spiro atoms. The highest BCUT2D eigenvalue weighted by Gasteiger charge is 2.47. The monoisotopic (exact) mass is 521 g/mol. The highest BCUT2D eigenvalue weighted by molar-refractivity contribution is 6.52. The summed E-state index contributed by atoms with van der Waals surface area (Å²) in [5.74, 6) is -0.742. The van der Waals surface area contributed by atoms with E-state index in [1.165, 1.54) is 23.1 Å². The summed E-state index contributed by atoms with van der Waals surface area (Å²) in [5, 5.41) is 21.7. The first-order valence-corrected chi connectivity index (χ1v) is 12.3. The molecule has 1 amide bonds. The van der Waals surface area contributed by atoms with Crippen LogP contribution < -0.4 is 14.4 Å². The third kappa shape index (κ3) is 5.42. The average molecular weight is 522 g/mol. The van der Waals surface area contributed by atoms with Gasteiger partial charge in [0.25, 0.3) is 11.7 Å². The molecule has 1 saturated heterocycles. The summed E-state index contributed by atoms with van der Waals surface area (Å²) in [6.45, 7) is 6.83. The van der Waals surface area contributed by atoms with Crippen molar-refractivity contribution < 1.29 is 29.3 Å². The van der Waals surface area contributed by atoms with E-state index in [1.807, 2.05) is 20.8 Å². The van der Waals surface area contributed by atoms with E-state index >= 15 is 0 Å². The maximum Gasteiger partial charge on any atom is 0.300 e. The first kappa shape index (κ1) is 26.1. The topological polar surface area (TPSA) is 96.3 Å². The third-order valence-corrected chi connectivity index (χ3v) is 6.16. The van der Waals surface area contributed by atoms with E-state index in [0.29, 0.717) is 41.9 Å². The highest BCUT2D eigenvalue weighted by Crippen LogP contribution is 2.44. The third-order valence-electron chi connectivity index (χ3n) is 5.83. The van der Waals surface area contributed by atoms with Crippen LogP contribution in [0.15, 0.2) is 72.3 Å². The van der Waals surface area contributed by atoms with Crippen LogP contribution in [-0.4, -0.2) is 35.1 Å². The second-order valence-electron chi connectivity index (χ2n) is 9.04. The van der Waals surface area contributed by atoms with Gasteiger partial charge in [0.15, 0.2) is 0 Å². The lowest BCUT2D eigenvalue weighted by Gasteiger charge is -2.26. The number of hydrogen-bond acceptors (Lipinski definition) is 6. The molecule has 37 heavy (non-hydrogen) atoms. The van der Waals surface area contributed by atoms with Crippen LogP contribution in [0.1, 0.15) is 37.9 Å². The van der Waals surface area contributed by atoms with E-state index in [-0.39, 0.29) is 21.9 Å². The number of ether oxygens (including phenoxy) is 2. The normalized spacial score (nSPS) is 16.9. The van der Waals surface area contributed by atoms with Crippen LogP contribution in [0.4, 0.5) is 5.69 Å². The lowest BCUT2D eigenvalue weighted by atomic mass is 9.95. The number of halogens is 1. The Kier molecular flexibility index (Phi) is 7.74. The molecule has 0 aromatic heterocycles. The summed E-state index contributed by atoms with van der Waals surface area (Å²) in [6.07, 6.45) is 0. The Balaban J connectivity index is 1.85. The molecule has 1 heterocycles. The minimum atomic E-state index is -1.01. The van der Waals surface area contributed by atoms with E-state index in [1.54, 1.807) is 48.5 Å². The number of phenols is 1. The van der Waals surface area contributed by atoms with Gasteiger partial charge in [-0.25, -0.2) is 0 Å². The van der Waals surface area contributed by atoms with Gasteiger partial charge in [0.1, 0.15) is 23.0 Å². The maximum absolute atomic E-state index is 13.4. The Hall–Kier alpha value is -3.97. The van der Waals surface area contributed by atoms with Crippen molar-refractivity contribution in [1.29, 1.82) is 0 Å². The number of hydrogen-bond donors (Lipinski definition) is 2. The smallest absolute Gasteiger partial charge is 0.300 e. The number of amides is 1. The minimum absolute atomic E-state index is 0.0445. The van der Waals surface area contributed by atoms with Crippen LogP contribution in [0.25, 0.3) is 5.76 Å². The molecule has 0 saturated carbocycles. The first-order chi connectivity index (χ1) is 17.7. The molecule has 4 rings (SSSR count). The number of phenolic OH excluding ortho intramolecular Hbond substituents is 1. The van der Waals surface area contributed by atoms with Crippen molar-refractivity contribution >= 4 is 34.7 Å². The van der Waals surface area contributed by atoms with Crippen LogP contribution in [0, 0.1) is 5.92 Å². The van der Waals surface area contributed by atoms with Crippen molar-refractivity contribution in [1.82, 2.24) is 0 Å². The molecule has 1 fully saturated rings. The molecule has 7 nitrogen and oxygen atoms in total. The Labute approximate surface area is 220 Å². The number of aromatic hydroxyl groups is 1. The van der Waals surface area contributed by atoms with E-state index in [0.717, 1.165) is 0 Å². The molecule has 0 radical (unpaired) electrons. The lowest BCUT2D eigenvalue weighted by molar-refractivity contribution is -0.132. The molecular weight excluding hydrogens is 494 g/mol. The Morgan fingerprint density at radius 1 is 1.00 bits per heavy atom.